The summed E-state index contributed by atoms with van der Waals surface area (Å²) in [6.45, 7) is 4.17. The zero-order valence-electron chi connectivity index (χ0n) is 26.2. The molecule has 5 aromatic carbocycles. The number of fused-ring (bicyclic) bond motifs is 3. The van der Waals surface area contributed by atoms with E-state index in [1.807, 2.05) is 49.4 Å². The Morgan fingerprint density at radius 2 is 0.979 bits per heavy atom. The number of aryl methyl sites for hydroxylation is 2. The first kappa shape index (κ1) is 28.4. The van der Waals surface area contributed by atoms with Crippen molar-refractivity contribution in [1.82, 2.24) is 24.9 Å². The Labute approximate surface area is 273 Å². The van der Waals surface area contributed by atoms with Crippen LogP contribution < -0.4 is 0 Å². The molecule has 8 rings (SSSR count). The standard InChI is InChI=1S/C42H31N5/c1-3-35-26-37(36-24-23-30-18-17-27(2)43-38(30)39(36)44-35)33-15-10-16-34(25-33)42-46-40(31-13-8-5-9-14-31)45-41(47-42)32-21-19-29(20-22-32)28-11-6-4-7-12-28/h4-26H,3H2,1-2H3. The molecule has 0 aliphatic carbocycles. The van der Waals surface area contributed by atoms with Crippen LogP contribution in [-0.2, 0) is 6.42 Å². The van der Waals surface area contributed by atoms with Crippen molar-refractivity contribution in [3.8, 4) is 56.4 Å². The van der Waals surface area contributed by atoms with Crippen LogP contribution in [0.2, 0.25) is 0 Å². The van der Waals surface area contributed by atoms with Gasteiger partial charge in [0.15, 0.2) is 17.5 Å². The predicted molar refractivity (Wildman–Crippen MR) is 192 cm³/mol. The topological polar surface area (TPSA) is 64.5 Å². The Morgan fingerprint density at radius 3 is 1.68 bits per heavy atom. The van der Waals surface area contributed by atoms with Gasteiger partial charge in [-0.1, -0.05) is 128 Å². The molecule has 5 heteroatoms. The summed E-state index contributed by atoms with van der Waals surface area (Å²) in [6, 6.07) is 48.0. The summed E-state index contributed by atoms with van der Waals surface area (Å²) in [4.78, 5) is 24.9. The Morgan fingerprint density at radius 1 is 0.426 bits per heavy atom. The van der Waals surface area contributed by atoms with Crippen molar-refractivity contribution in [3.63, 3.8) is 0 Å². The predicted octanol–water partition coefficient (Wildman–Crippen LogP) is 10.2. The van der Waals surface area contributed by atoms with Crippen molar-refractivity contribution >= 4 is 21.8 Å². The second kappa shape index (κ2) is 12.0. The van der Waals surface area contributed by atoms with Gasteiger partial charge in [0.25, 0.3) is 0 Å². The molecule has 0 N–H and O–H groups in total. The summed E-state index contributed by atoms with van der Waals surface area (Å²) in [5.74, 6) is 1.90. The van der Waals surface area contributed by atoms with Gasteiger partial charge in [-0.2, -0.15) is 0 Å². The van der Waals surface area contributed by atoms with E-state index in [0.29, 0.717) is 17.5 Å². The highest BCUT2D eigenvalue weighted by Crippen LogP contribution is 2.35. The van der Waals surface area contributed by atoms with E-state index in [1.165, 1.54) is 5.56 Å². The summed E-state index contributed by atoms with van der Waals surface area (Å²) < 4.78 is 0. The number of pyridine rings is 2. The molecule has 0 saturated heterocycles. The average molecular weight is 606 g/mol. The molecule has 0 radical (unpaired) electrons. The van der Waals surface area contributed by atoms with E-state index in [2.05, 4.69) is 104 Å². The second-order valence-corrected chi connectivity index (χ2v) is 11.7. The van der Waals surface area contributed by atoms with Crippen LogP contribution in [0, 0.1) is 6.92 Å². The van der Waals surface area contributed by atoms with Crippen LogP contribution in [0.4, 0.5) is 0 Å². The summed E-state index contributed by atoms with van der Waals surface area (Å²) >= 11 is 0. The Kier molecular flexibility index (Phi) is 7.27. The third-order valence-corrected chi connectivity index (χ3v) is 8.54. The van der Waals surface area contributed by atoms with Crippen LogP contribution in [0.5, 0.6) is 0 Å². The lowest BCUT2D eigenvalue weighted by molar-refractivity contribution is 1.06. The Hall–Kier alpha value is -6.07. The maximum Gasteiger partial charge on any atom is 0.164 e. The van der Waals surface area contributed by atoms with Crippen LogP contribution in [0.1, 0.15) is 18.3 Å². The molecule has 224 valence electrons. The van der Waals surface area contributed by atoms with Gasteiger partial charge in [0.2, 0.25) is 0 Å². The molecule has 3 heterocycles. The highest BCUT2D eigenvalue weighted by molar-refractivity contribution is 6.08. The Bertz CT molecular complexity index is 2390. The van der Waals surface area contributed by atoms with E-state index in [0.717, 1.165) is 73.0 Å². The van der Waals surface area contributed by atoms with Crippen molar-refractivity contribution in [2.24, 2.45) is 0 Å². The van der Waals surface area contributed by atoms with E-state index >= 15 is 0 Å². The molecule has 0 aliphatic rings. The molecule has 0 amide bonds. The van der Waals surface area contributed by atoms with E-state index in [9.17, 15) is 0 Å². The summed E-state index contributed by atoms with van der Waals surface area (Å²) in [6.07, 6.45) is 0.825. The van der Waals surface area contributed by atoms with Crippen LogP contribution in [0.3, 0.4) is 0 Å². The number of hydrogen-bond donors (Lipinski definition) is 0. The molecule has 47 heavy (non-hydrogen) atoms. The van der Waals surface area contributed by atoms with Gasteiger partial charge >= 0.3 is 0 Å². The molecule has 0 atom stereocenters. The van der Waals surface area contributed by atoms with Crippen LogP contribution in [0.25, 0.3) is 78.2 Å². The lowest BCUT2D eigenvalue weighted by Crippen LogP contribution is -2.00. The fourth-order valence-corrected chi connectivity index (χ4v) is 6.06. The summed E-state index contributed by atoms with van der Waals surface area (Å²) in [5.41, 5.74) is 11.2. The highest BCUT2D eigenvalue weighted by atomic mass is 15.0. The molecule has 0 aliphatic heterocycles. The van der Waals surface area contributed by atoms with Crippen LogP contribution in [-0.4, -0.2) is 24.9 Å². The zero-order valence-corrected chi connectivity index (χ0v) is 26.2. The fraction of sp³-hybridized carbons (Fsp3) is 0.0714. The zero-order chi connectivity index (χ0) is 31.7. The minimum absolute atomic E-state index is 0.625. The molecule has 0 unspecified atom stereocenters. The number of aromatic nitrogens is 5. The third-order valence-electron chi connectivity index (χ3n) is 8.54. The third kappa shape index (κ3) is 5.53. The normalized spacial score (nSPS) is 11.3. The minimum atomic E-state index is 0.625. The van der Waals surface area contributed by atoms with Crippen molar-refractivity contribution in [2.45, 2.75) is 20.3 Å². The molecule has 5 nitrogen and oxygen atoms in total. The monoisotopic (exact) mass is 605 g/mol. The van der Waals surface area contributed by atoms with Crippen molar-refractivity contribution < 1.29 is 0 Å². The number of rotatable bonds is 6. The van der Waals surface area contributed by atoms with E-state index in [-0.39, 0.29) is 0 Å². The number of benzene rings is 5. The van der Waals surface area contributed by atoms with Gasteiger partial charge in [-0.05, 0) is 53.8 Å². The van der Waals surface area contributed by atoms with E-state index in [1.54, 1.807) is 0 Å². The summed E-state index contributed by atoms with van der Waals surface area (Å²) in [7, 11) is 0. The molecular formula is C42H31N5. The van der Waals surface area contributed by atoms with E-state index < -0.39 is 0 Å². The second-order valence-electron chi connectivity index (χ2n) is 11.7. The largest absolute Gasteiger partial charge is 0.251 e. The SMILES string of the molecule is CCc1cc(-c2cccc(-c3nc(-c4ccccc4)nc(-c4ccc(-c5ccccc5)cc4)n3)c2)c2ccc3ccc(C)nc3c2n1. The quantitative estimate of drug-likeness (QED) is 0.177. The molecule has 0 spiro atoms. The van der Waals surface area contributed by atoms with Gasteiger partial charge in [0.1, 0.15) is 0 Å². The van der Waals surface area contributed by atoms with Gasteiger partial charge in [-0.3, -0.25) is 9.97 Å². The summed E-state index contributed by atoms with van der Waals surface area (Å²) in [5, 5.41) is 2.16. The van der Waals surface area contributed by atoms with E-state index in [4.69, 9.17) is 24.9 Å². The minimum Gasteiger partial charge on any atom is -0.251 e. The molecule has 8 aromatic rings. The first-order chi connectivity index (χ1) is 23.1. The van der Waals surface area contributed by atoms with Gasteiger partial charge < -0.3 is 0 Å². The molecule has 3 aromatic heterocycles. The fourth-order valence-electron chi connectivity index (χ4n) is 6.06. The molecule has 0 fully saturated rings. The first-order valence-corrected chi connectivity index (χ1v) is 15.9. The van der Waals surface area contributed by atoms with Crippen LogP contribution in [0.15, 0.2) is 140 Å². The van der Waals surface area contributed by atoms with Gasteiger partial charge in [0.05, 0.1) is 11.0 Å². The van der Waals surface area contributed by atoms with Crippen molar-refractivity contribution in [1.29, 1.82) is 0 Å². The molecule has 0 saturated carbocycles. The maximum absolute atomic E-state index is 5.05. The highest BCUT2D eigenvalue weighted by Gasteiger charge is 2.16. The van der Waals surface area contributed by atoms with Gasteiger partial charge in [0, 0.05) is 38.9 Å². The van der Waals surface area contributed by atoms with Gasteiger partial charge in [-0.15, -0.1) is 0 Å². The lowest BCUT2D eigenvalue weighted by atomic mass is 9.96. The first-order valence-electron chi connectivity index (χ1n) is 15.9. The number of nitrogens with zero attached hydrogens (tertiary/aromatic N) is 5. The van der Waals surface area contributed by atoms with Gasteiger partial charge in [-0.25, -0.2) is 15.0 Å². The van der Waals surface area contributed by atoms with Crippen LogP contribution >= 0.6 is 0 Å². The lowest BCUT2D eigenvalue weighted by Gasteiger charge is -2.13. The van der Waals surface area contributed by atoms with Crippen molar-refractivity contribution in [2.75, 3.05) is 0 Å². The molecular weight excluding hydrogens is 574 g/mol. The smallest absolute Gasteiger partial charge is 0.164 e. The molecule has 0 bridgehead atoms. The maximum atomic E-state index is 5.05. The Balaban J connectivity index is 1.27. The van der Waals surface area contributed by atoms with Crippen molar-refractivity contribution in [3.05, 3.63) is 151 Å². The number of hydrogen-bond acceptors (Lipinski definition) is 5. The average Bonchev–Trinajstić information content (AvgIpc) is 3.15.